The molecule has 0 radical (unpaired) electrons. The van der Waals surface area contributed by atoms with Crippen molar-refractivity contribution in [2.24, 2.45) is 0 Å². The first-order chi connectivity index (χ1) is 8.73. The van der Waals surface area contributed by atoms with E-state index in [1.165, 1.54) is 6.42 Å². The highest BCUT2D eigenvalue weighted by Gasteiger charge is 2.29. The summed E-state index contributed by atoms with van der Waals surface area (Å²) in [6.07, 6.45) is 7.04. The van der Waals surface area contributed by atoms with Crippen molar-refractivity contribution >= 4 is 11.8 Å². The van der Waals surface area contributed by atoms with Crippen molar-refractivity contribution in [3.8, 4) is 0 Å². The Morgan fingerprint density at radius 2 is 2.22 bits per heavy atom. The van der Waals surface area contributed by atoms with Gasteiger partial charge in [-0.25, -0.2) is 0 Å². The smallest absolute Gasteiger partial charge is 0.191 e. The van der Waals surface area contributed by atoms with Crippen molar-refractivity contribution in [1.29, 1.82) is 0 Å². The van der Waals surface area contributed by atoms with E-state index in [4.69, 9.17) is 4.74 Å². The molecule has 1 aliphatic carbocycles. The summed E-state index contributed by atoms with van der Waals surface area (Å²) in [5, 5.41) is 19.3. The van der Waals surface area contributed by atoms with Crippen LogP contribution in [0.5, 0.6) is 0 Å². The van der Waals surface area contributed by atoms with E-state index in [0.717, 1.165) is 37.4 Å². The van der Waals surface area contributed by atoms with Crippen LogP contribution in [0.2, 0.25) is 0 Å². The number of rotatable bonds is 6. The summed E-state index contributed by atoms with van der Waals surface area (Å²) >= 11 is 1.59. The van der Waals surface area contributed by atoms with Gasteiger partial charge >= 0.3 is 0 Å². The van der Waals surface area contributed by atoms with Gasteiger partial charge in [0.15, 0.2) is 5.16 Å². The lowest BCUT2D eigenvalue weighted by molar-refractivity contribution is 0.0272. The molecule has 1 aliphatic rings. The number of thioether (sulfide) groups is 1. The SMILES string of the molecule is COCCn1cnnc1SCC1(O)CCCCC1. The molecule has 0 bridgehead atoms. The molecule has 0 aliphatic heterocycles. The molecule has 6 heteroatoms. The van der Waals surface area contributed by atoms with Gasteiger partial charge in [0.1, 0.15) is 6.33 Å². The number of ether oxygens (including phenoxy) is 1. The Kier molecular flexibility index (Phi) is 5.03. The molecule has 1 saturated carbocycles. The van der Waals surface area contributed by atoms with Gasteiger partial charge in [-0.15, -0.1) is 10.2 Å². The molecule has 5 nitrogen and oxygen atoms in total. The van der Waals surface area contributed by atoms with Crippen LogP contribution >= 0.6 is 11.8 Å². The van der Waals surface area contributed by atoms with Crippen molar-refractivity contribution in [1.82, 2.24) is 14.8 Å². The maximum absolute atomic E-state index is 10.4. The monoisotopic (exact) mass is 271 g/mol. The molecular formula is C12H21N3O2S. The summed E-state index contributed by atoms with van der Waals surface area (Å²) < 4.78 is 7.02. The van der Waals surface area contributed by atoms with Crippen molar-refractivity contribution in [2.45, 2.75) is 49.4 Å². The standard InChI is InChI=1S/C12H21N3O2S/c1-17-8-7-15-10-13-14-11(15)18-9-12(16)5-3-2-4-6-12/h10,16H,2-9H2,1H3. The van der Waals surface area contributed by atoms with Crippen LogP contribution in [0.25, 0.3) is 0 Å². The minimum Gasteiger partial charge on any atom is -0.389 e. The van der Waals surface area contributed by atoms with Crippen molar-refractivity contribution in [3.05, 3.63) is 6.33 Å². The zero-order chi connectivity index (χ0) is 12.8. The van der Waals surface area contributed by atoms with Crippen molar-refractivity contribution in [2.75, 3.05) is 19.5 Å². The molecule has 1 fully saturated rings. The highest BCUT2D eigenvalue weighted by Crippen LogP contribution is 2.32. The molecule has 1 heterocycles. The lowest BCUT2D eigenvalue weighted by Crippen LogP contribution is -2.34. The van der Waals surface area contributed by atoms with Crippen molar-refractivity contribution < 1.29 is 9.84 Å². The molecule has 0 spiro atoms. The Labute approximate surface area is 112 Å². The molecule has 102 valence electrons. The number of methoxy groups -OCH3 is 1. The lowest BCUT2D eigenvalue weighted by atomic mass is 9.86. The third-order valence-electron chi connectivity index (χ3n) is 3.37. The second-order valence-corrected chi connectivity index (χ2v) is 5.82. The second-order valence-electron chi connectivity index (χ2n) is 4.87. The Morgan fingerprint density at radius 1 is 1.44 bits per heavy atom. The number of aromatic nitrogens is 3. The van der Waals surface area contributed by atoms with E-state index >= 15 is 0 Å². The van der Waals surface area contributed by atoms with Gasteiger partial charge < -0.3 is 14.4 Å². The predicted octanol–water partition coefficient (Wildman–Crippen LogP) is 1.71. The summed E-state index contributed by atoms with van der Waals surface area (Å²) in [4.78, 5) is 0. The first-order valence-electron chi connectivity index (χ1n) is 6.45. The van der Waals surface area contributed by atoms with Gasteiger partial charge in [0.2, 0.25) is 0 Å². The van der Waals surface area contributed by atoms with Crippen molar-refractivity contribution in [3.63, 3.8) is 0 Å². The number of hydrogen-bond donors (Lipinski definition) is 1. The van der Waals surface area contributed by atoms with Crippen LogP contribution in [0.3, 0.4) is 0 Å². The molecule has 18 heavy (non-hydrogen) atoms. The average Bonchev–Trinajstić information content (AvgIpc) is 2.82. The molecule has 2 rings (SSSR count). The Morgan fingerprint density at radius 3 is 2.94 bits per heavy atom. The summed E-state index contributed by atoms with van der Waals surface area (Å²) in [5.41, 5.74) is -0.513. The number of aliphatic hydroxyl groups is 1. The molecule has 1 aromatic rings. The highest BCUT2D eigenvalue weighted by molar-refractivity contribution is 7.99. The van der Waals surface area contributed by atoms with Gasteiger partial charge in [-0.3, -0.25) is 0 Å². The number of hydrogen-bond acceptors (Lipinski definition) is 5. The third kappa shape index (κ3) is 3.70. The fourth-order valence-electron chi connectivity index (χ4n) is 2.25. The third-order valence-corrected chi connectivity index (χ3v) is 4.63. The van der Waals surface area contributed by atoms with E-state index in [1.807, 2.05) is 4.57 Å². The van der Waals surface area contributed by atoms with E-state index in [1.54, 1.807) is 25.2 Å². The van der Waals surface area contributed by atoms with Gasteiger partial charge in [0, 0.05) is 19.4 Å². The minimum atomic E-state index is -0.513. The Bertz CT molecular complexity index is 364. The van der Waals surface area contributed by atoms with Crippen LogP contribution in [0, 0.1) is 0 Å². The van der Waals surface area contributed by atoms with Gasteiger partial charge in [-0.2, -0.15) is 0 Å². The summed E-state index contributed by atoms with van der Waals surface area (Å²) in [5.74, 6) is 0.707. The topological polar surface area (TPSA) is 60.2 Å². The molecule has 0 aromatic carbocycles. The number of nitrogens with zero attached hydrogens (tertiary/aromatic N) is 3. The van der Waals surface area contributed by atoms with Crippen LogP contribution in [0.1, 0.15) is 32.1 Å². The molecular weight excluding hydrogens is 250 g/mol. The minimum absolute atomic E-state index is 0.513. The predicted molar refractivity (Wildman–Crippen MR) is 70.7 cm³/mol. The van der Waals surface area contributed by atoms with Crippen LogP contribution < -0.4 is 0 Å². The van der Waals surface area contributed by atoms with Crippen LogP contribution in [-0.4, -0.2) is 44.9 Å². The first-order valence-corrected chi connectivity index (χ1v) is 7.44. The van der Waals surface area contributed by atoms with Crippen LogP contribution in [0.15, 0.2) is 11.5 Å². The zero-order valence-electron chi connectivity index (χ0n) is 10.8. The quantitative estimate of drug-likeness (QED) is 0.798. The van der Waals surface area contributed by atoms with Gasteiger partial charge in [0.05, 0.1) is 12.2 Å². The molecule has 1 aromatic heterocycles. The Hall–Kier alpha value is -0.590. The summed E-state index contributed by atoms with van der Waals surface area (Å²) in [7, 11) is 1.68. The van der Waals surface area contributed by atoms with E-state index in [9.17, 15) is 5.11 Å². The highest BCUT2D eigenvalue weighted by atomic mass is 32.2. The van der Waals surface area contributed by atoms with Gasteiger partial charge in [0.25, 0.3) is 0 Å². The van der Waals surface area contributed by atoms with E-state index < -0.39 is 5.60 Å². The van der Waals surface area contributed by atoms with Gasteiger partial charge in [-0.05, 0) is 12.8 Å². The molecule has 1 N–H and O–H groups in total. The average molecular weight is 271 g/mol. The fraction of sp³-hybridized carbons (Fsp3) is 0.833. The summed E-state index contributed by atoms with van der Waals surface area (Å²) in [6.45, 7) is 1.40. The van der Waals surface area contributed by atoms with Crippen LogP contribution in [-0.2, 0) is 11.3 Å². The Balaban J connectivity index is 1.87. The lowest BCUT2D eigenvalue weighted by Gasteiger charge is -2.31. The van der Waals surface area contributed by atoms with E-state index in [0.29, 0.717) is 12.4 Å². The van der Waals surface area contributed by atoms with E-state index in [-0.39, 0.29) is 0 Å². The zero-order valence-corrected chi connectivity index (χ0v) is 11.7. The van der Waals surface area contributed by atoms with E-state index in [2.05, 4.69) is 10.2 Å². The van der Waals surface area contributed by atoms with Crippen LogP contribution in [0.4, 0.5) is 0 Å². The molecule has 0 saturated heterocycles. The summed E-state index contributed by atoms with van der Waals surface area (Å²) in [6, 6.07) is 0. The molecule has 0 unspecified atom stereocenters. The maximum atomic E-state index is 10.4. The fourth-order valence-corrected chi connectivity index (χ4v) is 3.35. The maximum Gasteiger partial charge on any atom is 0.191 e. The first kappa shape index (κ1) is 13.8. The normalized spacial score (nSPS) is 19.0. The largest absolute Gasteiger partial charge is 0.389 e. The van der Waals surface area contributed by atoms with Gasteiger partial charge in [-0.1, -0.05) is 31.0 Å². The molecule has 0 amide bonds. The second kappa shape index (κ2) is 6.54. The molecule has 0 atom stereocenters.